The molecule has 66 valence electrons. The average molecular weight is 230 g/mol. The SMILES string of the molecule is Cn1cc(Br)c(C2(CN)CC2)n1. The van der Waals surface area contributed by atoms with Gasteiger partial charge in [-0.25, -0.2) is 0 Å². The summed E-state index contributed by atoms with van der Waals surface area (Å²) in [6, 6.07) is 0. The molecule has 0 atom stereocenters. The Hall–Kier alpha value is -0.350. The van der Waals surface area contributed by atoms with Crippen LogP contribution in [0.5, 0.6) is 0 Å². The van der Waals surface area contributed by atoms with Crippen LogP contribution >= 0.6 is 15.9 Å². The largest absolute Gasteiger partial charge is 0.330 e. The number of aryl methyl sites for hydroxylation is 1. The first kappa shape index (κ1) is 8.26. The van der Waals surface area contributed by atoms with E-state index in [-0.39, 0.29) is 5.41 Å². The Balaban J connectivity index is 2.39. The summed E-state index contributed by atoms with van der Waals surface area (Å²) >= 11 is 3.49. The Bertz CT molecular complexity index is 301. The van der Waals surface area contributed by atoms with Crippen LogP contribution in [0.2, 0.25) is 0 Å². The Morgan fingerprint density at radius 3 is 2.75 bits per heavy atom. The van der Waals surface area contributed by atoms with Crippen molar-refractivity contribution in [1.82, 2.24) is 9.78 Å². The number of hydrogen-bond acceptors (Lipinski definition) is 2. The van der Waals surface area contributed by atoms with E-state index in [1.165, 1.54) is 12.8 Å². The molecule has 0 amide bonds. The maximum absolute atomic E-state index is 5.71. The third kappa shape index (κ3) is 1.10. The second-order valence-corrected chi connectivity index (χ2v) is 4.34. The fourth-order valence-electron chi connectivity index (χ4n) is 1.51. The van der Waals surface area contributed by atoms with Crippen molar-refractivity contribution in [2.45, 2.75) is 18.3 Å². The summed E-state index contributed by atoms with van der Waals surface area (Å²) in [5.41, 5.74) is 7.04. The van der Waals surface area contributed by atoms with Gasteiger partial charge in [-0.15, -0.1) is 0 Å². The van der Waals surface area contributed by atoms with E-state index in [0.29, 0.717) is 6.54 Å². The molecule has 1 aliphatic rings. The van der Waals surface area contributed by atoms with Crippen LogP contribution in [0.1, 0.15) is 18.5 Å². The zero-order chi connectivity index (χ0) is 8.77. The smallest absolute Gasteiger partial charge is 0.0840 e. The van der Waals surface area contributed by atoms with Gasteiger partial charge in [-0.05, 0) is 28.8 Å². The van der Waals surface area contributed by atoms with Crippen LogP contribution in [0.3, 0.4) is 0 Å². The third-order valence-corrected chi connectivity index (χ3v) is 3.11. The Kier molecular flexibility index (Phi) is 1.77. The van der Waals surface area contributed by atoms with Crippen molar-refractivity contribution in [3.8, 4) is 0 Å². The van der Waals surface area contributed by atoms with E-state index < -0.39 is 0 Å². The van der Waals surface area contributed by atoms with Crippen LogP contribution in [-0.4, -0.2) is 16.3 Å². The lowest BCUT2D eigenvalue weighted by Crippen LogP contribution is -2.20. The zero-order valence-corrected chi connectivity index (χ0v) is 8.63. The molecule has 0 aliphatic heterocycles. The highest BCUT2D eigenvalue weighted by atomic mass is 79.9. The van der Waals surface area contributed by atoms with Crippen LogP contribution in [0.15, 0.2) is 10.7 Å². The van der Waals surface area contributed by atoms with Crippen molar-refractivity contribution >= 4 is 15.9 Å². The molecule has 0 unspecified atom stereocenters. The first-order valence-corrected chi connectivity index (χ1v) is 4.87. The minimum absolute atomic E-state index is 0.195. The number of hydrogen-bond donors (Lipinski definition) is 1. The highest BCUT2D eigenvalue weighted by molar-refractivity contribution is 9.10. The molecule has 1 saturated carbocycles. The zero-order valence-electron chi connectivity index (χ0n) is 7.05. The molecule has 4 heteroatoms. The van der Waals surface area contributed by atoms with E-state index in [2.05, 4.69) is 21.0 Å². The Morgan fingerprint density at radius 1 is 1.75 bits per heavy atom. The molecule has 2 N–H and O–H groups in total. The van der Waals surface area contributed by atoms with Crippen LogP contribution in [-0.2, 0) is 12.5 Å². The van der Waals surface area contributed by atoms with Gasteiger partial charge in [-0.2, -0.15) is 5.10 Å². The normalized spacial score (nSPS) is 19.6. The monoisotopic (exact) mass is 229 g/mol. The molecule has 1 aliphatic carbocycles. The van der Waals surface area contributed by atoms with Gasteiger partial charge in [-0.1, -0.05) is 0 Å². The van der Waals surface area contributed by atoms with Crippen LogP contribution < -0.4 is 5.73 Å². The molecule has 0 radical (unpaired) electrons. The number of rotatable bonds is 2. The first-order chi connectivity index (χ1) is 5.68. The van der Waals surface area contributed by atoms with E-state index in [4.69, 9.17) is 5.73 Å². The van der Waals surface area contributed by atoms with Crippen molar-refractivity contribution in [2.75, 3.05) is 6.54 Å². The highest BCUT2D eigenvalue weighted by Crippen LogP contribution is 2.48. The fraction of sp³-hybridized carbons (Fsp3) is 0.625. The quantitative estimate of drug-likeness (QED) is 0.828. The van der Waals surface area contributed by atoms with E-state index in [0.717, 1.165) is 10.2 Å². The van der Waals surface area contributed by atoms with Gasteiger partial charge < -0.3 is 5.73 Å². The number of halogens is 1. The van der Waals surface area contributed by atoms with Crippen molar-refractivity contribution in [1.29, 1.82) is 0 Å². The molecule has 1 aromatic heterocycles. The predicted octanol–water partition coefficient (Wildman–Crippen LogP) is 1.17. The van der Waals surface area contributed by atoms with Gasteiger partial charge in [0, 0.05) is 25.2 Å². The minimum atomic E-state index is 0.195. The van der Waals surface area contributed by atoms with Crippen molar-refractivity contribution in [3.05, 3.63) is 16.4 Å². The summed E-state index contributed by atoms with van der Waals surface area (Å²) in [7, 11) is 1.93. The first-order valence-electron chi connectivity index (χ1n) is 4.08. The molecule has 1 heterocycles. The van der Waals surface area contributed by atoms with Crippen LogP contribution in [0, 0.1) is 0 Å². The van der Waals surface area contributed by atoms with Gasteiger partial charge >= 0.3 is 0 Å². The second kappa shape index (κ2) is 2.57. The minimum Gasteiger partial charge on any atom is -0.330 e. The summed E-state index contributed by atoms with van der Waals surface area (Å²) in [4.78, 5) is 0. The lowest BCUT2D eigenvalue weighted by Gasteiger charge is -2.08. The Morgan fingerprint density at radius 2 is 2.42 bits per heavy atom. The van der Waals surface area contributed by atoms with Gasteiger partial charge in [0.15, 0.2) is 0 Å². The number of aromatic nitrogens is 2. The summed E-state index contributed by atoms with van der Waals surface area (Å²) in [6.45, 7) is 0.711. The molecule has 0 spiro atoms. The molecular weight excluding hydrogens is 218 g/mol. The maximum Gasteiger partial charge on any atom is 0.0840 e. The van der Waals surface area contributed by atoms with Gasteiger partial charge in [0.25, 0.3) is 0 Å². The van der Waals surface area contributed by atoms with E-state index in [9.17, 15) is 0 Å². The Labute approximate surface area is 80.1 Å². The summed E-state index contributed by atoms with van der Waals surface area (Å²) < 4.78 is 2.92. The van der Waals surface area contributed by atoms with Gasteiger partial charge in [0.05, 0.1) is 10.2 Å². The van der Waals surface area contributed by atoms with E-state index in [1.54, 1.807) is 0 Å². The van der Waals surface area contributed by atoms with E-state index >= 15 is 0 Å². The molecule has 0 saturated heterocycles. The number of nitrogens with two attached hydrogens (primary N) is 1. The van der Waals surface area contributed by atoms with Crippen LogP contribution in [0.4, 0.5) is 0 Å². The second-order valence-electron chi connectivity index (χ2n) is 3.48. The van der Waals surface area contributed by atoms with Crippen molar-refractivity contribution in [3.63, 3.8) is 0 Å². The maximum atomic E-state index is 5.71. The molecule has 2 rings (SSSR count). The van der Waals surface area contributed by atoms with E-state index in [1.807, 2.05) is 17.9 Å². The lowest BCUT2D eigenvalue weighted by atomic mass is 10.0. The molecule has 1 aromatic rings. The molecule has 12 heavy (non-hydrogen) atoms. The number of nitrogens with zero attached hydrogens (tertiary/aromatic N) is 2. The predicted molar refractivity (Wildman–Crippen MR) is 50.9 cm³/mol. The lowest BCUT2D eigenvalue weighted by molar-refractivity contribution is 0.641. The third-order valence-electron chi connectivity index (χ3n) is 2.53. The molecule has 3 nitrogen and oxygen atoms in total. The fourth-order valence-corrected chi connectivity index (χ4v) is 2.30. The standard InChI is InChI=1S/C8H12BrN3/c1-12-4-6(9)7(11-12)8(5-10)2-3-8/h4H,2-3,5,10H2,1H3. The van der Waals surface area contributed by atoms with Gasteiger partial charge in [0.2, 0.25) is 0 Å². The van der Waals surface area contributed by atoms with Crippen LogP contribution in [0.25, 0.3) is 0 Å². The summed E-state index contributed by atoms with van der Waals surface area (Å²) in [5.74, 6) is 0. The molecule has 1 fully saturated rings. The van der Waals surface area contributed by atoms with Crippen molar-refractivity contribution in [2.24, 2.45) is 12.8 Å². The summed E-state index contributed by atoms with van der Waals surface area (Å²) in [5, 5.41) is 4.41. The molecule has 0 aromatic carbocycles. The van der Waals surface area contributed by atoms with Gasteiger partial charge in [-0.3, -0.25) is 4.68 Å². The summed E-state index contributed by atoms with van der Waals surface area (Å²) in [6.07, 6.45) is 4.34. The van der Waals surface area contributed by atoms with Crippen molar-refractivity contribution < 1.29 is 0 Å². The topological polar surface area (TPSA) is 43.8 Å². The van der Waals surface area contributed by atoms with Gasteiger partial charge in [0.1, 0.15) is 0 Å². The highest BCUT2D eigenvalue weighted by Gasteiger charge is 2.46. The molecule has 0 bridgehead atoms. The molecular formula is C8H12BrN3. The average Bonchev–Trinajstić information content (AvgIpc) is 2.74.